The summed E-state index contributed by atoms with van der Waals surface area (Å²) in [5.41, 5.74) is 4.58. The van der Waals surface area contributed by atoms with Gasteiger partial charge in [0, 0.05) is 7.05 Å². The Hall–Kier alpha value is -3.16. The Morgan fingerprint density at radius 2 is 1.88 bits per heavy atom. The summed E-state index contributed by atoms with van der Waals surface area (Å²) in [6.45, 7) is 1.25. The number of rotatable bonds is 6. The van der Waals surface area contributed by atoms with E-state index in [0.717, 1.165) is 10.1 Å². The van der Waals surface area contributed by atoms with Gasteiger partial charge in [-0.3, -0.25) is 23.9 Å². The van der Waals surface area contributed by atoms with Crippen LogP contribution in [0.25, 0.3) is 0 Å². The molecule has 0 unspecified atom stereocenters. The average molecular weight is 345 g/mol. The van der Waals surface area contributed by atoms with Crippen molar-refractivity contribution in [2.45, 2.75) is 19.3 Å². The van der Waals surface area contributed by atoms with E-state index in [1.54, 1.807) is 0 Å². The van der Waals surface area contributed by atoms with Crippen molar-refractivity contribution in [2.24, 2.45) is 7.05 Å². The van der Waals surface area contributed by atoms with E-state index in [1.807, 2.05) is 42.2 Å². The fourth-order valence-electron chi connectivity index (χ4n) is 2.33. The van der Waals surface area contributed by atoms with Gasteiger partial charge in [-0.05, 0) is 11.5 Å². The average Bonchev–Trinajstić information content (AvgIpc) is 2.58. The number of benzene rings is 1. The molecule has 0 fully saturated rings. The molecule has 8 heteroatoms. The molecule has 1 aromatic heterocycles. The molecule has 0 spiro atoms. The number of Topliss-reactive ketones (excluding diaryl/α,β-unsaturated/α-hetero) is 1. The SMILES string of the molecule is C[C@H](CC(=O)OCC(=O)c1c(N)n(C)c(=O)[nH]c1=O)c1ccccc1. The molecule has 0 aliphatic heterocycles. The van der Waals surface area contributed by atoms with E-state index < -0.39 is 35.2 Å². The Labute approximate surface area is 143 Å². The first-order valence-electron chi connectivity index (χ1n) is 7.63. The molecule has 0 amide bonds. The van der Waals surface area contributed by atoms with E-state index in [0.29, 0.717) is 0 Å². The lowest BCUT2D eigenvalue weighted by atomic mass is 9.98. The number of nitrogens with two attached hydrogens (primary N) is 1. The lowest BCUT2D eigenvalue weighted by molar-refractivity contribution is -0.142. The maximum Gasteiger partial charge on any atom is 0.329 e. The van der Waals surface area contributed by atoms with Gasteiger partial charge in [-0.25, -0.2) is 4.79 Å². The Morgan fingerprint density at radius 3 is 2.52 bits per heavy atom. The Balaban J connectivity index is 2.01. The highest BCUT2D eigenvalue weighted by molar-refractivity contribution is 6.01. The monoisotopic (exact) mass is 345 g/mol. The van der Waals surface area contributed by atoms with Crippen LogP contribution in [0.1, 0.15) is 35.2 Å². The predicted octanol–water partition coefficient (Wildman–Crippen LogP) is 0.576. The van der Waals surface area contributed by atoms with Crippen molar-refractivity contribution in [1.29, 1.82) is 0 Å². The molecule has 8 nitrogen and oxygen atoms in total. The summed E-state index contributed by atoms with van der Waals surface area (Å²) in [7, 11) is 1.32. The number of nitrogens with zero attached hydrogens (tertiary/aromatic N) is 1. The van der Waals surface area contributed by atoms with Crippen LogP contribution in [0.4, 0.5) is 5.82 Å². The maximum absolute atomic E-state index is 12.1. The van der Waals surface area contributed by atoms with Crippen LogP contribution < -0.4 is 17.0 Å². The van der Waals surface area contributed by atoms with Crippen LogP contribution in [0.3, 0.4) is 0 Å². The number of aromatic amines is 1. The number of carbonyl (C=O) groups is 2. The van der Waals surface area contributed by atoms with Gasteiger partial charge in [0.2, 0.25) is 5.78 Å². The molecular weight excluding hydrogens is 326 g/mol. The van der Waals surface area contributed by atoms with Crippen molar-refractivity contribution < 1.29 is 14.3 Å². The lowest BCUT2D eigenvalue weighted by Crippen LogP contribution is -2.35. The van der Waals surface area contributed by atoms with Crippen molar-refractivity contribution in [3.8, 4) is 0 Å². The van der Waals surface area contributed by atoms with E-state index >= 15 is 0 Å². The number of hydrogen-bond donors (Lipinski definition) is 2. The highest BCUT2D eigenvalue weighted by atomic mass is 16.5. The zero-order valence-corrected chi connectivity index (χ0v) is 13.9. The largest absolute Gasteiger partial charge is 0.457 e. The lowest BCUT2D eigenvalue weighted by Gasteiger charge is -2.12. The molecule has 132 valence electrons. The molecule has 3 N–H and O–H groups in total. The number of nitrogen functional groups attached to an aromatic ring is 1. The second-order valence-electron chi connectivity index (χ2n) is 5.68. The number of aromatic nitrogens is 2. The summed E-state index contributed by atoms with van der Waals surface area (Å²) < 4.78 is 5.88. The van der Waals surface area contributed by atoms with Crippen LogP contribution in [0.15, 0.2) is 39.9 Å². The normalized spacial score (nSPS) is 11.8. The van der Waals surface area contributed by atoms with Gasteiger partial charge >= 0.3 is 11.7 Å². The van der Waals surface area contributed by atoms with E-state index in [4.69, 9.17) is 10.5 Å². The van der Waals surface area contributed by atoms with Crippen LogP contribution in [-0.2, 0) is 16.6 Å². The van der Waals surface area contributed by atoms with Crippen LogP contribution >= 0.6 is 0 Å². The van der Waals surface area contributed by atoms with Crippen LogP contribution in [0, 0.1) is 0 Å². The van der Waals surface area contributed by atoms with Gasteiger partial charge < -0.3 is 10.5 Å². The minimum atomic E-state index is -0.903. The predicted molar refractivity (Wildman–Crippen MR) is 91.5 cm³/mol. The summed E-state index contributed by atoms with van der Waals surface area (Å²) in [6, 6.07) is 9.41. The van der Waals surface area contributed by atoms with Crippen molar-refractivity contribution in [3.63, 3.8) is 0 Å². The molecule has 1 heterocycles. The van der Waals surface area contributed by atoms with Crippen LogP contribution in [-0.4, -0.2) is 27.9 Å². The van der Waals surface area contributed by atoms with Gasteiger partial charge in [0.05, 0.1) is 6.42 Å². The first-order valence-corrected chi connectivity index (χ1v) is 7.63. The number of esters is 1. The molecular formula is C17H19N3O5. The number of hydrogen-bond acceptors (Lipinski definition) is 6. The summed E-state index contributed by atoms with van der Waals surface area (Å²) in [6.07, 6.45) is 0.0937. The molecule has 0 aliphatic carbocycles. The highest BCUT2D eigenvalue weighted by Gasteiger charge is 2.20. The zero-order valence-electron chi connectivity index (χ0n) is 13.9. The summed E-state index contributed by atoms with van der Waals surface area (Å²) in [5, 5.41) is 0. The highest BCUT2D eigenvalue weighted by Crippen LogP contribution is 2.18. The van der Waals surface area contributed by atoms with Gasteiger partial charge in [-0.1, -0.05) is 37.3 Å². The molecule has 0 bridgehead atoms. The van der Waals surface area contributed by atoms with Crippen LogP contribution in [0.5, 0.6) is 0 Å². The molecule has 2 rings (SSSR count). The van der Waals surface area contributed by atoms with Crippen LogP contribution in [0.2, 0.25) is 0 Å². The van der Waals surface area contributed by atoms with Gasteiger partial charge in [0.25, 0.3) is 5.56 Å². The van der Waals surface area contributed by atoms with Crippen molar-refractivity contribution in [2.75, 3.05) is 12.3 Å². The number of ether oxygens (including phenoxy) is 1. The fourth-order valence-corrected chi connectivity index (χ4v) is 2.33. The summed E-state index contributed by atoms with van der Waals surface area (Å²) in [4.78, 5) is 49.1. The number of ketones is 1. The molecule has 1 aromatic carbocycles. The minimum Gasteiger partial charge on any atom is -0.457 e. The standard InChI is InChI=1S/C17H19N3O5/c1-10(11-6-4-3-5-7-11)8-13(22)25-9-12(21)14-15(18)20(2)17(24)19-16(14)23/h3-7,10H,8-9,18H2,1-2H3,(H,19,23,24)/t10-/m1/s1. The molecule has 2 aromatic rings. The first kappa shape index (κ1) is 18.2. The molecule has 25 heavy (non-hydrogen) atoms. The maximum atomic E-state index is 12.1. The first-order chi connectivity index (χ1) is 11.8. The number of H-pyrrole nitrogens is 1. The Kier molecular flexibility index (Phi) is 5.53. The molecule has 0 saturated carbocycles. The second kappa shape index (κ2) is 7.61. The molecule has 1 atom stereocenters. The van der Waals surface area contributed by atoms with E-state index in [2.05, 4.69) is 0 Å². The topological polar surface area (TPSA) is 124 Å². The minimum absolute atomic E-state index is 0.0742. The molecule has 0 saturated heterocycles. The third kappa shape index (κ3) is 4.23. The number of anilines is 1. The third-order valence-electron chi connectivity index (χ3n) is 3.85. The van der Waals surface area contributed by atoms with Crippen molar-refractivity contribution in [1.82, 2.24) is 9.55 Å². The summed E-state index contributed by atoms with van der Waals surface area (Å²) in [5.74, 6) is -1.68. The van der Waals surface area contributed by atoms with Gasteiger partial charge in [0.15, 0.2) is 6.61 Å². The van der Waals surface area contributed by atoms with Crippen molar-refractivity contribution >= 4 is 17.6 Å². The van der Waals surface area contributed by atoms with E-state index in [9.17, 15) is 19.2 Å². The Bertz CT molecular complexity index is 899. The summed E-state index contributed by atoms with van der Waals surface area (Å²) >= 11 is 0. The molecule has 0 aliphatic rings. The smallest absolute Gasteiger partial charge is 0.329 e. The number of carbonyl (C=O) groups excluding carboxylic acids is 2. The third-order valence-corrected chi connectivity index (χ3v) is 3.85. The van der Waals surface area contributed by atoms with E-state index in [1.165, 1.54) is 7.05 Å². The molecule has 0 radical (unpaired) electrons. The zero-order chi connectivity index (χ0) is 18.6. The quantitative estimate of drug-likeness (QED) is 0.583. The Morgan fingerprint density at radius 1 is 1.24 bits per heavy atom. The second-order valence-corrected chi connectivity index (χ2v) is 5.68. The van der Waals surface area contributed by atoms with Gasteiger partial charge in [-0.2, -0.15) is 0 Å². The number of nitrogens with one attached hydrogen (secondary N) is 1. The van der Waals surface area contributed by atoms with Gasteiger partial charge in [0.1, 0.15) is 11.4 Å². The van der Waals surface area contributed by atoms with Crippen molar-refractivity contribution in [3.05, 3.63) is 62.3 Å². The van der Waals surface area contributed by atoms with Gasteiger partial charge in [-0.15, -0.1) is 0 Å². The fraction of sp³-hybridized carbons (Fsp3) is 0.294. The van der Waals surface area contributed by atoms with E-state index in [-0.39, 0.29) is 18.2 Å².